The lowest BCUT2D eigenvalue weighted by molar-refractivity contribution is -0.207. The van der Waals surface area contributed by atoms with E-state index in [4.69, 9.17) is 17.3 Å². The predicted octanol–water partition coefficient (Wildman–Crippen LogP) is 2.72. The van der Waals surface area contributed by atoms with E-state index in [0.717, 1.165) is 25.1 Å². The van der Waals surface area contributed by atoms with Crippen molar-refractivity contribution in [3.05, 3.63) is 75.2 Å². The van der Waals surface area contributed by atoms with Crippen molar-refractivity contribution in [3.63, 3.8) is 0 Å². The van der Waals surface area contributed by atoms with Crippen LogP contribution in [0, 0.1) is 0 Å². The molecule has 11 nitrogen and oxygen atoms in total. The number of primary amides is 1. The molecule has 0 saturated carbocycles. The number of carbonyl (C=O) groups is 3. The molecule has 0 unspecified atom stereocenters. The van der Waals surface area contributed by atoms with Crippen molar-refractivity contribution in [3.8, 4) is 11.4 Å². The summed E-state index contributed by atoms with van der Waals surface area (Å²) in [6.45, 7) is 1.12. The van der Waals surface area contributed by atoms with E-state index >= 15 is 0 Å². The number of benzene rings is 2. The molecule has 2 aromatic carbocycles. The van der Waals surface area contributed by atoms with Crippen molar-refractivity contribution in [1.29, 1.82) is 0 Å². The van der Waals surface area contributed by atoms with Gasteiger partial charge in [-0.1, -0.05) is 23.7 Å². The normalized spacial score (nSPS) is 14.4. The van der Waals surface area contributed by atoms with Crippen LogP contribution in [0.25, 0.3) is 11.4 Å². The zero-order valence-corrected chi connectivity index (χ0v) is 24.5. The Balaban J connectivity index is 2.06. The van der Waals surface area contributed by atoms with Gasteiger partial charge in [0.05, 0.1) is 12.1 Å². The highest BCUT2D eigenvalue weighted by molar-refractivity contribution is 6.30. The first-order chi connectivity index (χ1) is 20.6. The number of nitrogens with one attached hydrogen (secondary N) is 2. The van der Waals surface area contributed by atoms with Gasteiger partial charge < -0.3 is 21.5 Å². The monoisotopic (exact) mass is 664 g/mol. The molecule has 0 bridgehead atoms. The first kappa shape index (κ1) is 35.1. The Hall–Kier alpha value is -4.38. The average Bonchev–Trinajstić information content (AvgIpc) is 3.22. The zero-order valence-electron chi connectivity index (χ0n) is 23.8. The van der Waals surface area contributed by atoms with Gasteiger partial charge in [-0.25, -0.2) is 9.48 Å². The van der Waals surface area contributed by atoms with Crippen LogP contribution in [0.15, 0.2) is 53.3 Å². The van der Waals surface area contributed by atoms with E-state index in [1.54, 1.807) is 0 Å². The molecular weight excluding hydrogens is 638 g/mol. The Bertz CT molecular complexity index is 1650. The number of hydrogen-bond acceptors (Lipinski definition) is 6. The van der Waals surface area contributed by atoms with Gasteiger partial charge in [-0.15, -0.1) is 5.10 Å². The number of aliphatic hydroxyl groups excluding tert-OH is 1. The minimum absolute atomic E-state index is 0.0897. The van der Waals surface area contributed by atoms with Crippen molar-refractivity contribution in [1.82, 2.24) is 25.0 Å². The van der Waals surface area contributed by atoms with E-state index in [1.807, 2.05) is 0 Å². The molecule has 0 spiro atoms. The molecule has 0 radical (unpaired) electrons. The Morgan fingerprint density at radius 2 is 1.56 bits per heavy atom. The Kier molecular flexibility index (Phi) is 9.79. The van der Waals surface area contributed by atoms with Crippen LogP contribution >= 0.6 is 11.6 Å². The van der Waals surface area contributed by atoms with Gasteiger partial charge >= 0.3 is 18.0 Å². The summed E-state index contributed by atoms with van der Waals surface area (Å²) >= 11 is 5.86. The highest BCUT2D eigenvalue weighted by Gasteiger charge is 2.43. The van der Waals surface area contributed by atoms with Crippen molar-refractivity contribution >= 4 is 29.3 Å². The SMILES string of the molecule is CC(C)(NC(=O)[C@](C)(NC(=O)Cn1nc(-c2ccc(Cl)cc2)n(C[C@H](O)C(F)(F)F)c1=O)c1cccc(C(F)(F)F)c1)C(N)=O. The number of halogens is 7. The van der Waals surface area contributed by atoms with Crippen LogP contribution in [-0.2, 0) is 39.2 Å². The maximum Gasteiger partial charge on any atom is 0.416 e. The molecule has 0 aliphatic heterocycles. The molecule has 1 heterocycles. The molecule has 3 amide bonds. The molecule has 244 valence electrons. The number of amides is 3. The van der Waals surface area contributed by atoms with Crippen LogP contribution in [0.5, 0.6) is 0 Å². The van der Waals surface area contributed by atoms with Gasteiger partial charge in [0.25, 0.3) is 5.91 Å². The summed E-state index contributed by atoms with van der Waals surface area (Å²) in [6, 6.07) is 8.73. The van der Waals surface area contributed by atoms with Gasteiger partial charge in [-0.3, -0.25) is 19.0 Å². The fraction of sp³-hybridized carbons (Fsp3) is 0.370. The maximum absolute atomic E-state index is 13.5. The number of rotatable bonds is 10. The van der Waals surface area contributed by atoms with Crippen LogP contribution in [-0.4, -0.2) is 55.0 Å². The number of aromatic nitrogens is 3. The smallest absolute Gasteiger partial charge is 0.382 e. The summed E-state index contributed by atoms with van der Waals surface area (Å²) in [7, 11) is 0. The van der Waals surface area contributed by atoms with Crippen molar-refractivity contribution in [2.45, 2.75) is 63.4 Å². The molecule has 0 aliphatic rings. The minimum Gasteiger partial charge on any atom is -0.382 e. The third-order valence-corrected chi connectivity index (χ3v) is 6.96. The molecular formula is C27H27ClF6N6O5. The maximum atomic E-state index is 13.5. The molecule has 2 atom stereocenters. The summed E-state index contributed by atoms with van der Waals surface area (Å²) in [5, 5.41) is 18.3. The van der Waals surface area contributed by atoms with Gasteiger partial charge in [-0.2, -0.15) is 26.3 Å². The standard InChI is InChI=1S/C27H27ClF6N6O5/c1-24(2,21(35)43)37-22(44)25(3,15-5-4-6-16(11-15)26(29,30)31)36-19(42)13-40-23(45)39(12-18(41)27(32,33)34)20(38-40)14-7-9-17(28)10-8-14/h4-11,18,41H,12-13H2,1-3H3,(H2,35,43)(H,36,42)(H,37,44)/t18-,25+/m0/s1. The Labute approximate surface area is 256 Å². The molecule has 0 fully saturated rings. The third-order valence-electron chi connectivity index (χ3n) is 6.70. The lowest BCUT2D eigenvalue weighted by Gasteiger charge is -2.34. The second-order valence-electron chi connectivity index (χ2n) is 10.6. The minimum atomic E-state index is -5.12. The zero-order chi connectivity index (χ0) is 34.1. The number of aliphatic hydroxyl groups is 1. The number of hydrogen-bond donors (Lipinski definition) is 4. The van der Waals surface area contributed by atoms with E-state index < -0.39 is 71.6 Å². The summed E-state index contributed by atoms with van der Waals surface area (Å²) in [5.74, 6) is -3.74. The Morgan fingerprint density at radius 3 is 2.09 bits per heavy atom. The number of nitrogens with zero attached hydrogens (tertiary/aromatic N) is 3. The molecule has 3 aromatic rings. The number of carbonyl (C=O) groups excluding carboxylic acids is 3. The molecule has 0 aliphatic carbocycles. The number of nitrogens with two attached hydrogens (primary N) is 1. The summed E-state index contributed by atoms with van der Waals surface area (Å²) in [5.41, 5.74) is -1.47. The first-order valence-electron chi connectivity index (χ1n) is 12.9. The molecule has 18 heteroatoms. The van der Waals surface area contributed by atoms with E-state index in [1.165, 1.54) is 38.1 Å². The van der Waals surface area contributed by atoms with E-state index in [-0.39, 0.29) is 22.0 Å². The molecule has 5 N–H and O–H groups in total. The lowest BCUT2D eigenvalue weighted by Crippen LogP contribution is -2.62. The van der Waals surface area contributed by atoms with Gasteiger partial charge in [0.15, 0.2) is 11.9 Å². The molecule has 0 saturated heterocycles. The van der Waals surface area contributed by atoms with Crippen LogP contribution in [0.4, 0.5) is 26.3 Å². The fourth-order valence-electron chi connectivity index (χ4n) is 3.99. The molecule has 3 rings (SSSR count). The van der Waals surface area contributed by atoms with E-state index in [2.05, 4.69) is 15.7 Å². The topological polar surface area (TPSA) is 161 Å². The van der Waals surface area contributed by atoms with E-state index in [9.17, 15) is 50.6 Å². The largest absolute Gasteiger partial charge is 0.416 e. The van der Waals surface area contributed by atoms with Crippen molar-refractivity contribution < 1.29 is 45.8 Å². The summed E-state index contributed by atoms with van der Waals surface area (Å²) < 4.78 is 80.9. The van der Waals surface area contributed by atoms with Crippen LogP contribution in [0.3, 0.4) is 0 Å². The fourth-order valence-corrected chi connectivity index (χ4v) is 4.11. The Morgan fingerprint density at radius 1 is 0.978 bits per heavy atom. The summed E-state index contributed by atoms with van der Waals surface area (Å²) in [6.07, 6.45) is -13.0. The highest BCUT2D eigenvalue weighted by Crippen LogP contribution is 2.33. The van der Waals surface area contributed by atoms with Gasteiger partial charge in [0.1, 0.15) is 17.6 Å². The molecule has 45 heavy (non-hydrogen) atoms. The van der Waals surface area contributed by atoms with Crippen LogP contribution < -0.4 is 22.1 Å². The van der Waals surface area contributed by atoms with Gasteiger partial charge in [0, 0.05) is 10.6 Å². The average molecular weight is 665 g/mol. The van der Waals surface area contributed by atoms with Gasteiger partial charge in [-0.05, 0) is 62.7 Å². The highest BCUT2D eigenvalue weighted by atomic mass is 35.5. The second-order valence-corrected chi connectivity index (χ2v) is 11.1. The molecule has 1 aromatic heterocycles. The van der Waals surface area contributed by atoms with E-state index in [0.29, 0.717) is 15.3 Å². The van der Waals surface area contributed by atoms with Crippen LogP contribution in [0.2, 0.25) is 5.02 Å². The van der Waals surface area contributed by atoms with Crippen molar-refractivity contribution in [2.75, 3.05) is 0 Å². The van der Waals surface area contributed by atoms with Crippen molar-refractivity contribution in [2.24, 2.45) is 5.73 Å². The lowest BCUT2D eigenvalue weighted by atomic mass is 9.88. The summed E-state index contributed by atoms with van der Waals surface area (Å²) in [4.78, 5) is 51.7. The predicted molar refractivity (Wildman–Crippen MR) is 147 cm³/mol. The van der Waals surface area contributed by atoms with Crippen LogP contribution in [0.1, 0.15) is 31.9 Å². The van der Waals surface area contributed by atoms with Gasteiger partial charge in [0.2, 0.25) is 11.8 Å². The second kappa shape index (κ2) is 12.5. The quantitative estimate of drug-likeness (QED) is 0.244. The number of alkyl halides is 6. The first-order valence-corrected chi connectivity index (χ1v) is 13.2. The third kappa shape index (κ3) is 8.02.